The van der Waals surface area contributed by atoms with E-state index in [4.69, 9.17) is 12.2 Å². The summed E-state index contributed by atoms with van der Waals surface area (Å²) in [6, 6.07) is 12.1. The fourth-order valence-corrected chi connectivity index (χ4v) is 2.08. The van der Waals surface area contributed by atoms with Crippen LogP contribution in [-0.2, 0) is 4.79 Å². The minimum absolute atomic E-state index is 0.165. The van der Waals surface area contributed by atoms with Crippen LogP contribution in [0, 0.1) is 5.82 Å². The summed E-state index contributed by atoms with van der Waals surface area (Å²) in [4.78, 5) is 23.5. The number of thiocarbonyl (C=S) groups is 1. The van der Waals surface area contributed by atoms with Crippen molar-refractivity contribution in [2.24, 2.45) is 0 Å². The van der Waals surface area contributed by atoms with Crippen LogP contribution in [0.4, 0.5) is 15.8 Å². The van der Waals surface area contributed by atoms with Gasteiger partial charge in [0, 0.05) is 23.4 Å². The van der Waals surface area contributed by atoms with Crippen LogP contribution >= 0.6 is 12.2 Å². The van der Waals surface area contributed by atoms with Crippen LogP contribution in [0.5, 0.6) is 0 Å². The molecule has 0 bridgehead atoms. The van der Waals surface area contributed by atoms with Gasteiger partial charge in [-0.3, -0.25) is 9.59 Å². The monoisotopic (exact) mass is 345 g/mol. The first kappa shape index (κ1) is 17.6. The highest BCUT2D eigenvalue weighted by Gasteiger charge is 2.08. The van der Waals surface area contributed by atoms with Gasteiger partial charge in [0.05, 0.1) is 0 Å². The Labute approximate surface area is 144 Å². The summed E-state index contributed by atoms with van der Waals surface area (Å²) in [5.74, 6) is -0.909. The number of nitrogens with one attached hydrogen (secondary N) is 3. The lowest BCUT2D eigenvalue weighted by Gasteiger charge is -2.10. The van der Waals surface area contributed by atoms with Gasteiger partial charge in [0.25, 0.3) is 5.91 Å². The summed E-state index contributed by atoms with van der Waals surface area (Å²) in [5, 5.41) is 8.20. The van der Waals surface area contributed by atoms with Crippen molar-refractivity contribution in [3.63, 3.8) is 0 Å². The Morgan fingerprint density at radius 1 is 1.04 bits per heavy atom. The van der Waals surface area contributed by atoms with Crippen LogP contribution in [0.15, 0.2) is 48.5 Å². The molecule has 2 amide bonds. The van der Waals surface area contributed by atoms with Crippen molar-refractivity contribution in [2.45, 2.75) is 13.3 Å². The van der Waals surface area contributed by atoms with Gasteiger partial charge in [0.2, 0.25) is 5.91 Å². The van der Waals surface area contributed by atoms with Gasteiger partial charge in [0.15, 0.2) is 5.11 Å². The number of benzene rings is 2. The molecule has 3 N–H and O–H groups in total. The molecule has 0 aliphatic heterocycles. The van der Waals surface area contributed by atoms with Gasteiger partial charge in [-0.2, -0.15) is 0 Å². The van der Waals surface area contributed by atoms with Crippen molar-refractivity contribution in [1.82, 2.24) is 5.32 Å². The molecular formula is C17H16FN3O2S. The van der Waals surface area contributed by atoms with Crippen LogP contribution < -0.4 is 16.0 Å². The predicted molar refractivity (Wildman–Crippen MR) is 95.4 cm³/mol. The van der Waals surface area contributed by atoms with Gasteiger partial charge >= 0.3 is 0 Å². The maximum atomic E-state index is 12.9. The zero-order valence-electron chi connectivity index (χ0n) is 12.9. The number of carbonyl (C=O) groups excluding carboxylic acids is 2. The highest BCUT2D eigenvalue weighted by molar-refractivity contribution is 7.80. The topological polar surface area (TPSA) is 70.2 Å². The first-order chi connectivity index (χ1) is 11.5. The Bertz CT molecular complexity index is 763. The van der Waals surface area contributed by atoms with Crippen LogP contribution in [-0.4, -0.2) is 16.9 Å². The van der Waals surface area contributed by atoms with E-state index in [1.54, 1.807) is 31.2 Å². The second-order valence-electron chi connectivity index (χ2n) is 4.90. The number of hydrogen-bond donors (Lipinski definition) is 3. The van der Waals surface area contributed by atoms with Crippen molar-refractivity contribution in [3.05, 3.63) is 59.9 Å². The molecule has 0 spiro atoms. The molecule has 0 saturated carbocycles. The second-order valence-corrected chi connectivity index (χ2v) is 5.31. The number of anilines is 2. The normalized spacial score (nSPS) is 9.92. The third kappa shape index (κ3) is 5.13. The van der Waals surface area contributed by atoms with Gasteiger partial charge < -0.3 is 16.0 Å². The molecule has 2 rings (SSSR count). The molecule has 0 radical (unpaired) electrons. The Morgan fingerprint density at radius 3 is 2.42 bits per heavy atom. The molecule has 0 fully saturated rings. The first-order valence-corrected chi connectivity index (χ1v) is 7.66. The zero-order valence-corrected chi connectivity index (χ0v) is 13.7. The van der Waals surface area contributed by atoms with Gasteiger partial charge in [-0.25, -0.2) is 4.39 Å². The van der Waals surface area contributed by atoms with E-state index in [1.807, 2.05) is 0 Å². The summed E-state index contributed by atoms with van der Waals surface area (Å²) in [7, 11) is 0. The lowest BCUT2D eigenvalue weighted by atomic mass is 10.2. The molecule has 124 valence electrons. The van der Waals surface area contributed by atoms with Crippen LogP contribution in [0.3, 0.4) is 0 Å². The number of rotatable bonds is 4. The molecule has 0 aliphatic carbocycles. The Balaban J connectivity index is 2.03. The summed E-state index contributed by atoms with van der Waals surface area (Å²) in [6.07, 6.45) is 0.321. The average molecular weight is 345 g/mol. The van der Waals surface area contributed by atoms with Crippen molar-refractivity contribution >= 4 is 40.5 Å². The maximum Gasteiger partial charge on any atom is 0.255 e. The third-order valence-electron chi connectivity index (χ3n) is 3.06. The quantitative estimate of drug-likeness (QED) is 0.744. The number of halogens is 1. The van der Waals surface area contributed by atoms with E-state index in [2.05, 4.69) is 16.0 Å². The van der Waals surface area contributed by atoms with Crippen LogP contribution in [0.1, 0.15) is 23.7 Å². The molecular weight excluding hydrogens is 329 g/mol. The molecule has 0 saturated heterocycles. The SMILES string of the molecule is CCC(=O)NC(=S)Nc1cccc(C(=O)Nc2ccc(F)cc2)c1. The second kappa shape index (κ2) is 8.16. The van der Waals surface area contributed by atoms with E-state index >= 15 is 0 Å². The van der Waals surface area contributed by atoms with Gasteiger partial charge in [0.1, 0.15) is 5.82 Å². The van der Waals surface area contributed by atoms with Crippen LogP contribution in [0.25, 0.3) is 0 Å². The lowest BCUT2D eigenvalue weighted by Crippen LogP contribution is -2.33. The molecule has 0 atom stereocenters. The summed E-state index contributed by atoms with van der Waals surface area (Å²) >= 11 is 5.03. The molecule has 7 heteroatoms. The number of hydrogen-bond acceptors (Lipinski definition) is 3. The average Bonchev–Trinajstić information content (AvgIpc) is 2.57. The number of carbonyl (C=O) groups is 2. The van der Waals surface area contributed by atoms with E-state index in [-0.39, 0.29) is 22.7 Å². The fraction of sp³-hybridized carbons (Fsp3) is 0.118. The fourth-order valence-electron chi connectivity index (χ4n) is 1.85. The molecule has 2 aromatic carbocycles. The van der Waals surface area contributed by atoms with E-state index in [1.165, 1.54) is 24.3 Å². The molecule has 5 nitrogen and oxygen atoms in total. The first-order valence-electron chi connectivity index (χ1n) is 7.25. The molecule has 0 aromatic heterocycles. The van der Waals surface area contributed by atoms with E-state index < -0.39 is 0 Å². The molecule has 24 heavy (non-hydrogen) atoms. The summed E-state index contributed by atoms with van der Waals surface area (Å²) in [5.41, 5.74) is 1.46. The van der Waals surface area contributed by atoms with E-state index in [0.717, 1.165) is 0 Å². The minimum atomic E-state index is -0.373. The van der Waals surface area contributed by atoms with Gasteiger partial charge in [-0.1, -0.05) is 13.0 Å². The molecule has 0 unspecified atom stereocenters. The minimum Gasteiger partial charge on any atom is -0.332 e. The van der Waals surface area contributed by atoms with Gasteiger partial charge in [-0.05, 0) is 54.7 Å². The molecule has 2 aromatic rings. The largest absolute Gasteiger partial charge is 0.332 e. The predicted octanol–water partition coefficient (Wildman–Crippen LogP) is 3.30. The third-order valence-corrected chi connectivity index (χ3v) is 3.26. The van der Waals surface area contributed by atoms with E-state index in [9.17, 15) is 14.0 Å². The highest BCUT2D eigenvalue weighted by atomic mass is 32.1. The molecule has 0 aliphatic rings. The zero-order chi connectivity index (χ0) is 17.5. The van der Waals surface area contributed by atoms with Crippen molar-refractivity contribution < 1.29 is 14.0 Å². The Kier molecular flexibility index (Phi) is 5.97. The van der Waals surface area contributed by atoms with Crippen molar-refractivity contribution in [1.29, 1.82) is 0 Å². The standard InChI is InChI=1S/C17H16FN3O2S/c1-2-15(22)21-17(24)20-14-5-3-4-11(10-14)16(23)19-13-8-6-12(18)7-9-13/h3-10H,2H2,1H3,(H,19,23)(H2,20,21,22,24). The maximum absolute atomic E-state index is 12.9. The molecule has 0 heterocycles. The van der Waals surface area contributed by atoms with Crippen LogP contribution in [0.2, 0.25) is 0 Å². The van der Waals surface area contributed by atoms with Crippen molar-refractivity contribution in [2.75, 3.05) is 10.6 Å². The Morgan fingerprint density at radius 2 is 1.75 bits per heavy atom. The number of amides is 2. The summed E-state index contributed by atoms with van der Waals surface area (Å²) < 4.78 is 12.9. The smallest absolute Gasteiger partial charge is 0.255 e. The van der Waals surface area contributed by atoms with E-state index in [0.29, 0.717) is 23.4 Å². The summed E-state index contributed by atoms with van der Waals surface area (Å²) in [6.45, 7) is 1.72. The lowest BCUT2D eigenvalue weighted by molar-refractivity contribution is -0.119. The highest BCUT2D eigenvalue weighted by Crippen LogP contribution is 2.14. The van der Waals surface area contributed by atoms with Crippen molar-refractivity contribution in [3.8, 4) is 0 Å². The Hall–Kier alpha value is -2.80. The van der Waals surface area contributed by atoms with Gasteiger partial charge in [-0.15, -0.1) is 0 Å².